The van der Waals surface area contributed by atoms with Crippen LogP contribution >= 0.6 is 11.6 Å². The number of hydrogen-bond acceptors (Lipinski definition) is 6. The third-order valence-electron chi connectivity index (χ3n) is 7.71. The molecule has 3 saturated heterocycles. The second kappa shape index (κ2) is 11.7. The van der Waals surface area contributed by atoms with Gasteiger partial charge in [0.25, 0.3) is 0 Å². The minimum atomic E-state index is -3.97. The Balaban J connectivity index is 1.20. The summed E-state index contributed by atoms with van der Waals surface area (Å²) in [5.41, 5.74) is 1.43. The number of halogens is 1. The van der Waals surface area contributed by atoms with Crippen LogP contribution in [0.3, 0.4) is 0 Å². The highest BCUT2D eigenvalue weighted by Gasteiger charge is 2.36. The van der Waals surface area contributed by atoms with E-state index >= 15 is 0 Å². The highest BCUT2D eigenvalue weighted by Crippen LogP contribution is 2.23. The molecule has 3 fully saturated rings. The van der Waals surface area contributed by atoms with Gasteiger partial charge in [0.05, 0.1) is 12.2 Å². The predicted molar refractivity (Wildman–Crippen MR) is 145 cm³/mol. The maximum atomic E-state index is 13.2. The summed E-state index contributed by atoms with van der Waals surface area (Å²) in [6.45, 7) is 4.23. The van der Waals surface area contributed by atoms with E-state index in [-0.39, 0.29) is 29.3 Å². The van der Waals surface area contributed by atoms with Gasteiger partial charge in [0.1, 0.15) is 10.9 Å². The first-order chi connectivity index (χ1) is 18.3. The van der Waals surface area contributed by atoms with E-state index in [1.54, 1.807) is 18.2 Å². The highest BCUT2D eigenvalue weighted by atomic mass is 35.5. The summed E-state index contributed by atoms with van der Waals surface area (Å²) < 4.78 is 28.7. The lowest BCUT2D eigenvalue weighted by Gasteiger charge is -2.34. The standard InChI is InChI=1S/C27H34ClN5O4S/c28-21-9-7-20(8-10-21)24-12-11-23(17-29-24)38(36,37)30-25-6-4-15-32(27(25)35)19-26(34)33-16-3-5-22(33)18-31-13-1-2-14-31/h7-12,17,22,25,30H,1-6,13-16,18-19H2/t22-,25-/m0/s1. The number of hydrogen-bond donors (Lipinski definition) is 1. The van der Waals surface area contributed by atoms with Crippen LogP contribution in [0.1, 0.15) is 38.5 Å². The third-order valence-corrected chi connectivity index (χ3v) is 9.41. The van der Waals surface area contributed by atoms with E-state index in [0.717, 1.165) is 38.0 Å². The molecule has 0 aliphatic carbocycles. The van der Waals surface area contributed by atoms with Crippen molar-refractivity contribution < 1.29 is 18.0 Å². The van der Waals surface area contributed by atoms with Crippen molar-refractivity contribution in [1.29, 1.82) is 0 Å². The van der Waals surface area contributed by atoms with Crippen molar-refractivity contribution in [2.75, 3.05) is 39.3 Å². The van der Waals surface area contributed by atoms with Gasteiger partial charge in [0.15, 0.2) is 0 Å². The number of nitrogens with one attached hydrogen (secondary N) is 1. The monoisotopic (exact) mass is 559 g/mol. The first-order valence-corrected chi connectivity index (χ1v) is 15.2. The maximum absolute atomic E-state index is 13.2. The van der Waals surface area contributed by atoms with Crippen LogP contribution < -0.4 is 4.72 Å². The molecule has 3 aliphatic rings. The largest absolute Gasteiger partial charge is 0.337 e. The first kappa shape index (κ1) is 27.1. The van der Waals surface area contributed by atoms with Gasteiger partial charge in [-0.05, 0) is 75.9 Å². The molecule has 2 atom stereocenters. The van der Waals surface area contributed by atoms with Gasteiger partial charge >= 0.3 is 0 Å². The summed E-state index contributed by atoms with van der Waals surface area (Å²) in [7, 11) is -3.97. The van der Waals surface area contributed by atoms with Crippen LogP contribution in [0.4, 0.5) is 0 Å². The van der Waals surface area contributed by atoms with Crippen LogP contribution in [0.15, 0.2) is 47.5 Å². The Morgan fingerprint density at radius 1 is 0.974 bits per heavy atom. The van der Waals surface area contributed by atoms with Crippen molar-refractivity contribution in [3.05, 3.63) is 47.6 Å². The number of aromatic nitrogens is 1. The zero-order chi connectivity index (χ0) is 26.7. The number of benzene rings is 1. The molecule has 4 heterocycles. The van der Waals surface area contributed by atoms with E-state index in [9.17, 15) is 18.0 Å². The quantitative estimate of drug-likeness (QED) is 0.533. The van der Waals surface area contributed by atoms with E-state index in [4.69, 9.17) is 11.6 Å². The van der Waals surface area contributed by atoms with Gasteiger partial charge in [-0.2, -0.15) is 4.72 Å². The molecule has 2 amide bonds. The number of likely N-dealkylation sites (tertiary alicyclic amines) is 3. The van der Waals surface area contributed by atoms with Crippen molar-refractivity contribution in [1.82, 2.24) is 24.4 Å². The summed E-state index contributed by atoms with van der Waals surface area (Å²) in [5.74, 6) is -0.403. The normalized spacial score (nSPS) is 22.8. The fourth-order valence-electron chi connectivity index (χ4n) is 5.66. The third kappa shape index (κ3) is 6.20. The van der Waals surface area contributed by atoms with E-state index in [1.165, 1.54) is 30.0 Å². The van der Waals surface area contributed by atoms with Crippen LogP contribution in [-0.2, 0) is 19.6 Å². The van der Waals surface area contributed by atoms with Crippen LogP contribution in [0.5, 0.6) is 0 Å². The summed E-state index contributed by atoms with van der Waals surface area (Å²) in [4.78, 5) is 36.5. The molecule has 0 bridgehead atoms. The molecule has 204 valence electrons. The van der Waals surface area contributed by atoms with Crippen LogP contribution in [0.2, 0.25) is 5.02 Å². The lowest BCUT2D eigenvalue weighted by molar-refractivity contribution is -0.143. The number of carbonyl (C=O) groups excluding carboxylic acids is 2. The Hall–Kier alpha value is -2.53. The number of sulfonamides is 1. The average Bonchev–Trinajstić information content (AvgIpc) is 3.60. The van der Waals surface area contributed by atoms with Crippen molar-refractivity contribution >= 4 is 33.4 Å². The van der Waals surface area contributed by atoms with Gasteiger partial charge in [0, 0.05) is 42.5 Å². The van der Waals surface area contributed by atoms with Crippen molar-refractivity contribution in [3.63, 3.8) is 0 Å². The summed E-state index contributed by atoms with van der Waals surface area (Å²) in [6, 6.07) is 9.49. The fourth-order valence-corrected chi connectivity index (χ4v) is 6.96. The summed E-state index contributed by atoms with van der Waals surface area (Å²) >= 11 is 5.94. The molecular formula is C27H34ClN5O4S. The number of nitrogens with zero attached hydrogens (tertiary/aromatic N) is 4. The molecular weight excluding hydrogens is 526 g/mol. The molecule has 11 heteroatoms. The fraction of sp³-hybridized carbons (Fsp3) is 0.519. The number of amides is 2. The van der Waals surface area contributed by atoms with Crippen molar-refractivity contribution in [2.24, 2.45) is 0 Å². The van der Waals surface area contributed by atoms with Gasteiger partial charge in [-0.25, -0.2) is 8.42 Å². The molecule has 38 heavy (non-hydrogen) atoms. The number of rotatable bonds is 8. The summed E-state index contributed by atoms with van der Waals surface area (Å²) in [5, 5.41) is 0.604. The Labute approximate surface area is 229 Å². The first-order valence-electron chi connectivity index (χ1n) is 13.3. The molecule has 3 aliphatic heterocycles. The van der Waals surface area contributed by atoms with Crippen molar-refractivity contribution in [2.45, 2.75) is 55.5 Å². The maximum Gasteiger partial charge on any atom is 0.242 e. The zero-order valence-corrected chi connectivity index (χ0v) is 23.0. The van der Waals surface area contributed by atoms with Crippen LogP contribution in [0.25, 0.3) is 11.3 Å². The van der Waals surface area contributed by atoms with Gasteiger partial charge in [-0.1, -0.05) is 23.7 Å². The average molecular weight is 560 g/mol. The molecule has 5 rings (SSSR count). The lowest BCUT2D eigenvalue weighted by atomic mass is 10.1. The molecule has 9 nitrogen and oxygen atoms in total. The molecule has 1 N–H and O–H groups in total. The molecule has 1 aromatic carbocycles. The molecule has 0 spiro atoms. The van der Waals surface area contributed by atoms with Gasteiger partial charge in [0.2, 0.25) is 21.8 Å². The number of carbonyl (C=O) groups is 2. The molecule has 0 radical (unpaired) electrons. The Kier molecular flexibility index (Phi) is 8.32. The Morgan fingerprint density at radius 2 is 1.71 bits per heavy atom. The highest BCUT2D eigenvalue weighted by molar-refractivity contribution is 7.89. The molecule has 2 aromatic rings. The van der Waals surface area contributed by atoms with E-state index < -0.39 is 16.1 Å². The smallest absolute Gasteiger partial charge is 0.242 e. The second-order valence-electron chi connectivity index (χ2n) is 10.4. The lowest BCUT2D eigenvalue weighted by Crippen LogP contribution is -2.55. The zero-order valence-electron chi connectivity index (χ0n) is 21.4. The number of pyridine rings is 1. The Bertz CT molecular complexity index is 1250. The minimum absolute atomic E-state index is 0.00902. The summed E-state index contributed by atoms with van der Waals surface area (Å²) in [6.07, 6.45) is 6.69. The van der Waals surface area contributed by atoms with Gasteiger partial charge in [-0.15, -0.1) is 0 Å². The van der Waals surface area contributed by atoms with E-state index in [0.29, 0.717) is 36.6 Å². The van der Waals surface area contributed by atoms with Crippen LogP contribution in [0, 0.1) is 0 Å². The van der Waals surface area contributed by atoms with Gasteiger partial charge < -0.3 is 14.7 Å². The number of piperidine rings is 1. The van der Waals surface area contributed by atoms with Crippen molar-refractivity contribution in [3.8, 4) is 11.3 Å². The van der Waals surface area contributed by atoms with Gasteiger partial charge in [-0.3, -0.25) is 14.6 Å². The molecule has 0 unspecified atom stereocenters. The second-order valence-corrected chi connectivity index (χ2v) is 12.5. The van der Waals surface area contributed by atoms with E-state index in [2.05, 4.69) is 14.6 Å². The topological polar surface area (TPSA) is 103 Å². The molecule has 1 aromatic heterocycles. The van der Waals surface area contributed by atoms with E-state index in [1.807, 2.05) is 17.0 Å². The SMILES string of the molecule is O=C1[C@@H](NS(=O)(=O)c2ccc(-c3ccc(Cl)cc3)nc2)CCCN1CC(=O)N1CCC[C@H]1CN1CCCC1. The predicted octanol–water partition coefficient (Wildman–Crippen LogP) is 2.76. The van der Waals surface area contributed by atoms with Crippen LogP contribution in [-0.4, -0.2) is 91.3 Å². The molecule has 0 saturated carbocycles. The minimum Gasteiger partial charge on any atom is -0.337 e. The Morgan fingerprint density at radius 3 is 2.42 bits per heavy atom.